The number of thiocarbonyl (C=S) groups is 1. The maximum absolute atomic E-state index is 12.1. The zero-order valence-corrected chi connectivity index (χ0v) is 7.42. The first-order chi connectivity index (χ1) is 5.86. The quantitative estimate of drug-likeness (QED) is 0.418. The second-order valence-corrected chi connectivity index (χ2v) is 2.86. The summed E-state index contributed by atoms with van der Waals surface area (Å²) in [5.74, 6) is -4.10. The number of halogens is 4. The van der Waals surface area contributed by atoms with Crippen LogP contribution in [0.2, 0.25) is 0 Å². The molecule has 7 heteroatoms. The van der Waals surface area contributed by atoms with Crippen molar-refractivity contribution in [2.24, 2.45) is 5.73 Å². The van der Waals surface area contributed by atoms with E-state index in [4.69, 9.17) is 5.73 Å². The topological polar surface area (TPSA) is 35.2 Å². The van der Waals surface area contributed by atoms with E-state index < -0.39 is 19.0 Å². The molecular formula is C6H9F4NOS. The van der Waals surface area contributed by atoms with E-state index in [9.17, 15) is 17.6 Å². The third kappa shape index (κ3) is 5.75. The lowest BCUT2D eigenvalue weighted by atomic mass is 10.4. The van der Waals surface area contributed by atoms with Gasteiger partial charge in [-0.05, 0) is 0 Å². The molecule has 0 saturated carbocycles. The van der Waals surface area contributed by atoms with Crippen LogP contribution < -0.4 is 5.73 Å². The summed E-state index contributed by atoms with van der Waals surface area (Å²) in [5.41, 5.74) is 5.02. The van der Waals surface area contributed by atoms with Crippen LogP contribution in [0.3, 0.4) is 0 Å². The van der Waals surface area contributed by atoms with Crippen LogP contribution >= 0.6 is 12.2 Å². The lowest BCUT2D eigenvalue weighted by Gasteiger charge is -2.14. The van der Waals surface area contributed by atoms with Crippen molar-refractivity contribution >= 4 is 17.2 Å². The molecule has 0 spiro atoms. The lowest BCUT2D eigenvalue weighted by Crippen LogP contribution is -2.32. The first-order valence-corrected chi connectivity index (χ1v) is 3.79. The number of alkyl halides is 4. The van der Waals surface area contributed by atoms with Gasteiger partial charge in [-0.1, -0.05) is 12.2 Å². The molecular weight excluding hydrogens is 210 g/mol. The zero-order chi connectivity index (χ0) is 10.5. The molecule has 0 radical (unpaired) electrons. The summed E-state index contributed by atoms with van der Waals surface area (Å²) in [6, 6.07) is 0. The van der Waals surface area contributed by atoms with Gasteiger partial charge in [-0.3, -0.25) is 0 Å². The van der Waals surface area contributed by atoms with Gasteiger partial charge in [0.2, 0.25) is 0 Å². The standard InChI is InChI=1S/C6H9F4NOS/c7-5(8)6(9,10)3-12-2-1-4(11)13/h5H,1-3H2,(H2,11,13). The van der Waals surface area contributed by atoms with Gasteiger partial charge in [0.1, 0.15) is 6.61 Å². The second-order valence-electron chi connectivity index (χ2n) is 2.33. The molecule has 0 rings (SSSR count). The molecule has 0 aromatic rings. The van der Waals surface area contributed by atoms with E-state index in [-0.39, 0.29) is 18.0 Å². The molecule has 0 bridgehead atoms. The summed E-state index contributed by atoms with van der Waals surface area (Å²) in [6.07, 6.45) is -3.61. The summed E-state index contributed by atoms with van der Waals surface area (Å²) in [4.78, 5) is 0.0976. The fourth-order valence-electron chi connectivity index (χ4n) is 0.444. The average molecular weight is 219 g/mol. The molecule has 13 heavy (non-hydrogen) atoms. The van der Waals surface area contributed by atoms with Crippen LogP contribution in [0.25, 0.3) is 0 Å². The molecule has 0 fully saturated rings. The van der Waals surface area contributed by atoms with Crippen molar-refractivity contribution in [3.05, 3.63) is 0 Å². The van der Waals surface area contributed by atoms with E-state index in [0.29, 0.717) is 0 Å². The van der Waals surface area contributed by atoms with Crippen molar-refractivity contribution in [1.82, 2.24) is 0 Å². The highest BCUT2D eigenvalue weighted by Crippen LogP contribution is 2.22. The number of nitrogens with two attached hydrogens (primary N) is 1. The Bertz CT molecular complexity index is 176. The molecule has 0 aliphatic rings. The summed E-state index contributed by atoms with van der Waals surface area (Å²) < 4.78 is 51.6. The third-order valence-electron chi connectivity index (χ3n) is 1.11. The van der Waals surface area contributed by atoms with Gasteiger partial charge in [0.05, 0.1) is 11.6 Å². The molecule has 0 unspecified atom stereocenters. The summed E-state index contributed by atoms with van der Waals surface area (Å²) in [5, 5.41) is 0. The average Bonchev–Trinajstić information content (AvgIpc) is 1.97. The third-order valence-corrected chi connectivity index (χ3v) is 1.31. The second kappa shape index (κ2) is 5.33. The highest BCUT2D eigenvalue weighted by molar-refractivity contribution is 7.80. The molecule has 0 heterocycles. The van der Waals surface area contributed by atoms with Crippen molar-refractivity contribution in [2.75, 3.05) is 13.2 Å². The van der Waals surface area contributed by atoms with Gasteiger partial charge in [-0.25, -0.2) is 8.78 Å². The van der Waals surface area contributed by atoms with Crippen molar-refractivity contribution in [3.63, 3.8) is 0 Å². The Hall–Kier alpha value is -0.430. The van der Waals surface area contributed by atoms with Gasteiger partial charge in [0.15, 0.2) is 0 Å². The smallest absolute Gasteiger partial charge is 0.330 e. The number of rotatable bonds is 6. The first kappa shape index (κ1) is 12.6. The van der Waals surface area contributed by atoms with Crippen LogP contribution in [-0.4, -0.2) is 30.6 Å². The summed E-state index contributed by atoms with van der Waals surface area (Å²) in [7, 11) is 0. The maximum Gasteiger partial charge on any atom is 0.330 e. The Morgan fingerprint density at radius 3 is 2.38 bits per heavy atom. The maximum atomic E-state index is 12.1. The molecule has 0 aliphatic carbocycles. The lowest BCUT2D eigenvalue weighted by molar-refractivity contribution is -0.165. The van der Waals surface area contributed by atoms with Crippen molar-refractivity contribution in [1.29, 1.82) is 0 Å². The predicted molar refractivity (Wildman–Crippen MR) is 43.2 cm³/mol. The Balaban J connectivity index is 3.58. The van der Waals surface area contributed by atoms with Crippen molar-refractivity contribution in [2.45, 2.75) is 18.8 Å². The normalized spacial score (nSPS) is 12.1. The first-order valence-electron chi connectivity index (χ1n) is 3.38. The molecule has 0 aliphatic heterocycles. The van der Waals surface area contributed by atoms with Crippen LogP contribution in [0.1, 0.15) is 6.42 Å². The van der Waals surface area contributed by atoms with Gasteiger partial charge >= 0.3 is 12.3 Å². The molecule has 2 nitrogen and oxygen atoms in total. The van der Waals surface area contributed by atoms with Gasteiger partial charge in [-0.15, -0.1) is 0 Å². The van der Waals surface area contributed by atoms with Gasteiger partial charge < -0.3 is 10.5 Å². The van der Waals surface area contributed by atoms with E-state index in [2.05, 4.69) is 17.0 Å². The van der Waals surface area contributed by atoms with Crippen LogP contribution in [0, 0.1) is 0 Å². The highest BCUT2D eigenvalue weighted by Gasteiger charge is 2.40. The molecule has 0 amide bonds. The van der Waals surface area contributed by atoms with Crippen LogP contribution in [0.4, 0.5) is 17.6 Å². The van der Waals surface area contributed by atoms with Crippen LogP contribution in [0.5, 0.6) is 0 Å². The fraction of sp³-hybridized carbons (Fsp3) is 0.833. The summed E-state index contributed by atoms with van der Waals surface area (Å²) >= 11 is 4.42. The summed E-state index contributed by atoms with van der Waals surface area (Å²) in [6.45, 7) is -1.48. The molecule has 2 N–H and O–H groups in total. The Kier molecular flexibility index (Phi) is 5.16. The van der Waals surface area contributed by atoms with Crippen LogP contribution in [0.15, 0.2) is 0 Å². The van der Waals surface area contributed by atoms with E-state index >= 15 is 0 Å². The minimum Gasteiger partial charge on any atom is -0.393 e. The fourth-order valence-corrected chi connectivity index (χ4v) is 0.527. The zero-order valence-electron chi connectivity index (χ0n) is 6.60. The predicted octanol–water partition coefficient (Wildman–Crippen LogP) is 1.58. The van der Waals surface area contributed by atoms with E-state index in [1.54, 1.807) is 0 Å². The van der Waals surface area contributed by atoms with Gasteiger partial charge in [-0.2, -0.15) is 8.78 Å². The molecule has 0 aromatic heterocycles. The SMILES string of the molecule is NC(=S)CCOCC(F)(F)C(F)F. The minimum atomic E-state index is -4.10. The van der Waals surface area contributed by atoms with Crippen LogP contribution in [-0.2, 0) is 4.74 Å². The van der Waals surface area contributed by atoms with Gasteiger partial charge in [0, 0.05) is 6.42 Å². The Labute approximate surface area is 78.0 Å². The largest absolute Gasteiger partial charge is 0.393 e. The number of ether oxygens (including phenoxy) is 1. The molecule has 0 atom stereocenters. The van der Waals surface area contributed by atoms with E-state index in [1.807, 2.05) is 0 Å². The van der Waals surface area contributed by atoms with Crippen molar-refractivity contribution in [3.8, 4) is 0 Å². The minimum absolute atomic E-state index is 0.0976. The van der Waals surface area contributed by atoms with Crippen molar-refractivity contribution < 1.29 is 22.3 Å². The van der Waals surface area contributed by atoms with Gasteiger partial charge in [0.25, 0.3) is 0 Å². The Morgan fingerprint density at radius 2 is 2.00 bits per heavy atom. The number of hydrogen-bond acceptors (Lipinski definition) is 2. The van der Waals surface area contributed by atoms with E-state index in [0.717, 1.165) is 0 Å². The highest BCUT2D eigenvalue weighted by atomic mass is 32.1. The van der Waals surface area contributed by atoms with E-state index in [1.165, 1.54) is 0 Å². The monoisotopic (exact) mass is 219 g/mol. The Morgan fingerprint density at radius 1 is 1.46 bits per heavy atom. The molecule has 0 aromatic carbocycles. The molecule has 78 valence electrons. The number of hydrogen-bond donors (Lipinski definition) is 1. The molecule has 0 saturated heterocycles.